The predicted octanol–water partition coefficient (Wildman–Crippen LogP) is 5.17. The number of sulfonamides is 1. The molecule has 0 fully saturated rings. The van der Waals surface area contributed by atoms with Crippen LogP contribution in [0.15, 0.2) is 76.1 Å². The second-order valence-corrected chi connectivity index (χ2v) is 10.4. The van der Waals surface area contributed by atoms with Crippen LogP contribution in [0.4, 0.5) is 11.4 Å². The number of halogens is 1. The molecule has 0 atom stereocenters. The Balaban J connectivity index is 1.93. The van der Waals surface area contributed by atoms with E-state index in [4.69, 9.17) is 9.47 Å². The Bertz CT molecular complexity index is 1330. The lowest BCUT2D eigenvalue weighted by molar-refractivity contribution is -0.114. The quantitative estimate of drug-likeness (QED) is 0.335. The third kappa shape index (κ3) is 6.44. The Labute approximate surface area is 219 Å². The first-order valence-electron chi connectivity index (χ1n) is 11.2. The van der Waals surface area contributed by atoms with Crippen LogP contribution in [-0.4, -0.2) is 40.1 Å². The van der Waals surface area contributed by atoms with Gasteiger partial charge in [-0.15, -0.1) is 0 Å². The minimum Gasteiger partial charge on any atom is -0.494 e. The summed E-state index contributed by atoms with van der Waals surface area (Å²) in [7, 11) is -4.09. The lowest BCUT2D eigenvalue weighted by atomic mass is 10.1. The number of rotatable bonds is 10. The summed E-state index contributed by atoms with van der Waals surface area (Å²) in [5.41, 5.74) is 1.53. The van der Waals surface area contributed by atoms with E-state index >= 15 is 0 Å². The van der Waals surface area contributed by atoms with Crippen LogP contribution in [-0.2, 0) is 19.6 Å². The van der Waals surface area contributed by atoms with Crippen molar-refractivity contribution in [2.75, 3.05) is 29.4 Å². The Morgan fingerprint density at radius 1 is 0.944 bits per heavy atom. The van der Waals surface area contributed by atoms with Gasteiger partial charge in [0.05, 0.1) is 29.4 Å². The molecule has 1 N–H and O–H groups in total. The maximum absolute atomic E-state index is 13.6. The highest BCUT2D eigenvalue weighted by Crippen LogP contribution is 2.27. The topological polar surface area (TPSA) is 102 Å². The smallest absolute Gasteiger partial charge is 0.338 e. The van der Waals surface area contributed by atoms with E-state index in [0.29, 0.717) is 34.9 Å². The van der Waals surface area contributed by atoms with Gasteiger partial charge in [0.2, 0.25) is 5.91 Å². The summed E-state index contributed by atoms with van der Waals surface area (Å²) in [5.74, 6) is -0.494. The molecule has 3 rings (SSSR count). The molecule has 3 aromatic rings. The van der Waals surface area contributed by atoms with Crippen molar-refractivity contribution in [1.82, 2.24) is 0 Å². The van der Waals surface area contributed by atoms with Crippen molar-refractivity contribution in [3.05, 3.63) is 82.3 Å². The molecule has 190 valence electrons. The highest BCUT2D eigenvalue weighted by Gasteiger charge is 2.28. The van der Waals surface area contributed by atoms with Gasteiger partial charge in [-0.3, -0.25) is 9.10 Å². The third-order valence-electron chi connectivity index (χ3n) is 5.23. The van der Waals surface area contributed by atoms with Crippen molar-refractivity contribution >= 4 is 49.2 Å². The second-order valence-electron chi connectivity index (χ2n) is 7.64. The standard InChI is InChI=1S/C26H27BrN2O6S/c1-4-34-21-13-11-20(12-14-21)29(36(32,33)22-15-9-19(27)10-16-22)17-25(30)28-24-8-6-7-23(18(24)3)26(31)35-5-2/h6-16H,4-5,17H2,1-3H3,(H,28,30). The van der Waals surface area contributed by atoms with Crippen LogP contribution in [0.25, 0.3) is 0 Å². The van der Waals surface area contributed by atoms with Gasteiger partial charge in [0.1, 0.15) is 12.3 Å². The number of anilines is 2. The van der Waals surface area contributed by atoms with E-state index < -0.39 is 28.4 Å². The van der Waals surface area contributed by atoms with E-state index in [1.165, 1.54) is 12.1 Å². The first kappa shape index (κ1) is 27.2. The fourth-order valence-corrected chi connectivity index (χ4v) is 5.13. The summed E-state index contributed by atoms with van der Waals surface area (Å²) in [6.07, 6.45) is 0. The summed E-state index contributed by atoms with van der Waals surface area (Å²) in [5, 5.41) is 2.73. The number of benzene rings is 3. The monoisotopic (exact) mass is 574 g/mol. The minimum absolute atomic E-state index is 0.0351. The van der Waals surface area contributed by atoms with Gasteiger partial charge in [-0.2, -0.15) is 0 Å². The largest absolute Gasteiger partial charge is 0.494 e. The summed E-state index contributed by atoms with van der Waals surface area (Å²) in [4.78, 5) is 25.3. The summed E-state index contributed by atoms with van der Waals surface area (Å²) in [6.45, 7) is 5.44. The van der Waals surface area contributed by atoms with E-state index in [1.807, 2.05) is 6.92 Å². The lowest BCUT2D eigenvalue weighted by Gasteiger charge is -2.24. The van der Waals surface area contributed by atoms with Crippen molar-refractivity contribution in [3.8, 4) is 5.75 Å². The average molecular weight is 575 g/mol. The molecule has 8 nitrogen and oxygen atoms in total. The molecule has 0 aliphatic rings. The molecule has 0 aliphatic heterocycles. The number of carbonyl (C=O) groups excluding carboxylic acids is 2. The molecule has 1 amide bonds. The van der Waals surface area contributed by atoms with Gasteiger partial charge >= 0.3 is 5.97 Å². The van der Waals surface area contributed by atoms with Gasteiger partial charge in [-0.05, 0) is 87.0 Å². The maximum atomic E-state index is 13.6. The number of nitrogens with one attached hydrogen (secondary N) is 1. The van der Waals surface area contributed by atoms with Crippen molar-refractivity contribution < 1.29 is 27.5 Å². The van der Waals surface area contributed by atoms with Crippen LogP contribution in [0.3, 0.4) is 0 Å². The molecule has 0 aromatic heterocycles. The van der Waals surface area contributed by atoms with Gasteiger partial charge in [0.15, 0.2) is 0 Å². The number of esters is 1. The molecule has 0 bridgehead atoms. The molecule has 10 heteroatoms. The van der Waals surface area contributed by atoms with E-state index in [-0.39, 0.29) is 11.5 Å². The molecule has 36 heavy (non-hydrogen) atoms. The van der Waals surface area contributed by atoms with Crippen LogP contribution in [0.2, 0.25) is 0 Å². The normalized spacial score (nSPS) is 11.0. The van der Waals surface area contributed by atoms with Gasteiger partial charge in [0.25, 0.3) is 10.0 Å². The number of nitrogens with zero attached hydrogens (tertiary/aromatic N) is 1. The van der Waals surface area contributed by atoms with Crippen molar-refractivity contribution in [2.45, 2.75) is 25.7 Å². The molecule has 0 spiro atoms. The fourth-order valence-electron chi connectivity index (χ4n) is 3.45. The van der Waals surface area contributed by atoms with Gasteiger partial charge in [0, 0.05) is 10.2 Å². The van der Waals surface area contributed by atoms with Gasteiger partial charge in [-0.25, -0.2) is 13.2 Å². The molecule has 3 aromatic carbocycles. The Morgan fingerprint density at radius 2 is 1.61 bits per heavy atom. The fraction of sp³-hybridized carbons (Fsp3) is 0.231. The highest BCUT2D eigenvalue weighted by atomic mass is 79.9. The molecular formula is C26H27BrN2O6S. The first-order chi connectivity index (χ1) is 17.2. The third-order valence-corrected chi connectivity index (χ3v) is 7.54. The number of amides is 1. The van der Waals surface area contributed by atoms with Crippen molar-refractivity contribution in [1.29, 1.82) is 0 Å². The zero-order valence-corrected chi connectivity index (χ0v) is 22.6. The van der Waals surface area contributed by atoms with Crippen LogP contribution in [0.5, 0.6) is 5.75 Å². The summed E-state index contributed by atoms with van der Waals surface area (Å²) in [6, 6.07) is 17.5. The minimum atomic E-state index is -4.09. The number of carbonyl (C=O) groups is 2. The molecular weight excluding hydrogens is 548 g/mol. The molecule has 0 aliphatic carbocycles. The summed E-state index contributed by atoms with van der Waals surface area (Å²) < 4.78 is 39.4. The van der Waals surface area contributed by atoms with E-state index in [0.717, 1.165) is 8.78 Å². The van der Waals surface area contributed by atoms with Gasteiger partial charge in [-0.1, -0.05) is 22.0 Å². The number of hydrogen-bond acceptors (Lipinski definition) is 6. The zero-order valence-electron chi connectivity index (χ0n) is 20.2. The van der Waals surface area contributed by atoms with Crippen molar-refractivity contribution in [2.24, 2.45) is 0 Å². The predicted molar refractivity (Wildman–Crippen MR) is 142 cm³/mol. The molecule has 0 saturated carbocycles. The Hall–Kier alpha value is -3.37. The second kappa shape index (κ2) is 12.0. The Morgan fingerprint density at radius 3 is 2.22 bits per heavy atom. The van der Waals surface area contributed by atoms with Crippen LogP contribution in [0.1, 0.15) is 29.8 Å². The zero-order chi connectivity index (χ0) is 26.3. The maximum Gasteiger partial charge on any atom is 0.338 e. The number of ether oxygens (including phenoxy) is 2. The number of hydrogen-bond donors (Lipinski definition) is 1. The molecule has 0 radical (unpaired) electrons. The molecule has 0 unspecified atom stereocenters. The van der Waals surface area contributed by atoms with Crippen LogP contribution in [0, 0.1) is 6.92 Å². The van der Waals surface area contributed by atoms with E-state index in [1.54, 1.807) is 68.4 Å². The van der Waals surface area contributed by atoms with Crippen LogP contribution >= 0.6 is 15.9 Å². The molecule has 0 heterocycles. The van der Waals surface area contributed by atoms with Crippen LogP contribution < -0.4 is 14.4 Å². The van der Waals surface area contributed by atoms with E-state index in [9.17, 15) is 18.0 Å². The van der Waals surface area contributed by atoms with E-state index in [2.05, 4.69) is 21.2 Å². The first-order valence-corrected chi connectivity index (χ1v) is 13.5. The summed E-state index contributed by atoms with van der Waals surface area (Å²) >= 11 is 3.31. The average Bonchev–Trinajstić information content (AvgIpc) is 2.85. The SMILES string of the molecule is CCOC(=O)c1cccc(NC(=O)CN(c2ccc(OCC)cc2)S(=O)(=O)c2ccc(Br)cc2)c1C. The van der Waals surface area contributed by atoms with Gasteiger partial charge < -0.3 is 14.8 Å². The Kier molecular flexibility index (Phi) is 9.11. The highest BCUT2D eigenvalue weighted by molar-refractivity contribution is 9.10. The lowest BCUT2D eigenvalue weighted by Crippen LogP contribution is -2.38. The molecule has 0 saturated heterocycles. The van der Waals surface area contributed by atoms with Crippen molar-refractivity contribution in [3.63, 3.8) is 0 Å².